The van der Waals surface area contributed by atoms with Crippen LogP contribution in [0.2, 0.25) is 0 Å². The van der Waals surface area contributed by atoms with Crippen molar-refractivity contribution in [3.63, 3.8) is 0 Å². The van der Waals surface area contributed by atoms with Crippen LogP contribution in [0.4, 0.5) is 0 Å². The minimum atomic E-state index is -0.254. The number of hydrogen-bond acceptors (Lipinski definition) is 4. The molecule has 0 bridgehead atoms. The lowest BCUT2D eigenvalue weighted by atomic mass is 10.1. The highest BCUT2D eigenvalue weighted by Gasteiger charge is 2.19. The van der Waals surface area contributed by atoms with Crippen molar-refractivity contribution in [2.24, 2.45) is 9.98 Å². The van der Waals surface area contributed by atoms with Crippen molar-refractivity contribution in [2.45, 2.75) is 26.4 Å². The third-order valence-electron chi connectivity index (χ3n) is 2.49. The Bertz CT molecular complexity index is 425. The Labute approximate surface area is 94.9 Å². The van der Waals surface area contributed by atoms with Gasteiger partial charge in [0.2, 0.25) is 0 Å². The van der Waals surface area contributed by atoms with E-state index in [4.69, 9.17) is 0 Å². The third-order valence-corrected chi connectivity index (χ3v) is 2.49. The number of hydroxylamine groups is 2. The van der Waals surface area contributed by atoms with Crippen molar-refractivity contribution < 1.29 is 5.21 Å². The molecule has 1 atom stereocenters. The number of nitrogens with zero attached hydrogens (tertiary/aromatic N) is 3. The zero-order valence-corrected chi connectivity index (χ0v) is 9.46. The van der Waals surface area contributed by atoms with Crippen LogP contribution in [0.1, 0.15) is 19.4 Å². The third kappa shape index (κ3) is 2.28. The molecule has 0 fully saturated rings. The molecule has 0 spiro atoms. The molecule has 2 rings (SSSR count). The zero-order valence-electron chi connectivity index (χ0n) is 9.46. The number of benzene rings is 1. The Morgan fingerprint density at radius 1 is 1.31 bits per heavy atom. The molecular weight excluding hydrogens is 202 g/mol. The minimum absolute atomic E-state index is 0.254. The second kappa shape index (κ2) is 4.45. The van der Waals surface area contributed by atoms with Crippen LogP contribution < -0.4 is 0 Å². The Kier molecular flexibility index (Phi) is 3.01. The smallest absolute Gasteiger partial charge is 0.146 e. The Morgan fingerprint density at radius 3 is 2.69 bits per heavy atom. The molecule has 0 aromatic heterocycles. The summed E-state index contributed by atoms with van der Waals surface area (Å²) in [5.74, 6) is 1.36. The molecule has 0 radical (unpaired) electrons. The van der Waals surface area contributed by atoms with Crippen LogP contribution in [0.15, 0.2) is 40.3 Å². The van der Waals surface area contributed by atoms with E-state index in [9.17, 15) is 5.21 Å². The van der Waals surface area contributed by atoms with Gasteiger partial charge in [-0.15, -0.1) is 0 Å². The molecule has 4 nitrogen and oxygen atoms in total. The average Bonchev–Trinajstić information content (AvgIpc) is 2.27. The predicted molar refractivity (Wildman–Crippen MR) is 63.8 cm³/mol. The maximum Gasteiger partial charge on any atom is 0.146 e. The number of amidine groups is 2. The summed E-state index contributed by atoms with van der Waals surface area (Å²) in [6, 6.07) is 9.96. The topological polar surface area (TPSA) is 48.2 Å². The van der Waals surface area contributed by atoms with Crippen molar-refractivity contribution >= 4 is 11.7 Å². The first-order valence-electron chi connectivity index (χ1n) is 5.31. The van der Waals surface area contributed by atoms with Gasteiger partial charge in [-0.25, -0.2) is 15.0 Å². The lowest BCUT2D eigenvalue weighted by molar-refractivity contribution is -0.0482. The number of aliphatic imine (C=N–C) groups is 2. The van der Waals surface area contributed by atoms with Crippen LogP contribution in [0, 0.1) is 0 Å². The molecule has 0 amide bonds. The molecule has 1 heterocycles. The van der Waals surface area contributed by atoms with E-state index in [0.717, 1.165) is 10.6 Å². The van der Waals surface area contributed by atoms with Crippen molar-refractivity contribution in [3.05, 3.63) is 35.9 Å². The highest BCUT2D eigenvalue weighted by Crippen LogP contribution is 2.11. The molecule has 0 saturated heterocycles. The zero-order chi connectivity index (χ0) is 11.5. The molecule has 1 aromatic carbocycles. The van der Waals surface area contributed by atoms with Gasteiger partial charge >= 0.3 is 0 Å². The standard InChI is InChI=1S/C12H15N3O/c1-9-13-10(2)15(16)12(14-9)8-11-6-4-3-5-7-11/h3-7,10,16H,8H2,1-2H3. The minimum Gasteiger partial charge on any atom is -0.285 e. The van der Waals surface area contributed by atoms with E-state index in [2.05, 4.69) is 9.98 Å². The molecule has 0 saturated carbocycles. The van der Waals surface area contributed by atoms with E-state index < -0.39 is 0 Å². The van der Waals surface area contributed by atoms with Gasteiger partial charge in [0.25, 0.3) is 0 Å². The fraction of sp³-hybridized carbons (Fsp3) is 0.333. The Hall–Kier alpha value is -1.68. The van der Waals surface area contributed by atoms with Gasteiger partial charge < -0.3 is 0 Å². The second-order valence-electron chi connectivity index (χ2n) is 3.84. The highest BCUT2D eigenvalue weighted by molar-refractivity contribution is 5.98. The maximum atomic E-state index is 9.81. The normalized spacial score (nSPS) is 20.4. The van der Waals surface area contributed by atoms with Gasteiger partial charge in [0, 0.05) is 6.42 Å². The van der Waals surface area contributed by atoms with E-state index >= 15 is 0 Å². The van der Waals surface area contributed by atoms with Crippen molar-refractivity contribution in [2.75, 3.05) is 0 Å². The van der Waals surface area contributed by atoms with Crippen molar-refractivity contribution in [1.82, 2.24) is 5.06 Å². The summed E-state index contributed by atoms with van der Waals surface area (Å²) in [6.45, 7) is 3.68. The first kappa shape index (κ1) is 10.8. The summed E-state index contributed by atoms with van der Waals surface area (Å²) >= 11 is 0. The second-order valence-corrected chi connectivity index (χ2v) is 3.84. The molecule has 1 unspecified atom stereocenters. The van der Waals surface area contributed by atoms with Gasteiger partial charge in [0.1, 0.15) is 17.8 Å². The molecule has 1 N–H and O–H groups in total. The summed E-state index contributed by atoms with van der Waals surface area (Å²) < 4.78 is 0. The molecule has 1 aliphatic heterocycles. The molecule has 1 aromatic rings. The van der Waals surface area contributed by atoms with Crippen LogP contribution in [-0.2, 0) is 6.42 Å². The van der Waals surface area contributed by atoms with E-state index in [1.807, 2.05) is 44.2 Å². The van der Waals surface area contributed by atoms with Crippen LogP contribution >= 0.6 is 0 Å². The Balaban J connectivity index is 2.19. The molecule has 16 heavy (non-hydrogen) atoms. The van der Waals surface area contributed by atoms with E-state index in [1.54, 1.807) is 0 Å². The summed E-state index contributed by atoms with van der Waals surface area (Å²) in [4.78, 5) is 8.41. The van der Waals surface area contributed by atoms with E-state index in [0.29, 0.717) is 18.1 Å². The predicted octanol–water partition coefficient (Wildman–Crippen LogP) is 2.10. The van der Waals surface area contributed by atoms with Gasteiger partial charge in [-0.3, -0.25) is 5.21 Å². The first-order chi connectivity index (χ1) is 7.66. The molecule has 84 valence electrons. The van der Waals surface area contributed by atoms with Crippen molar-refractivity contribution in [1.29, 1.82) is 0 Å². The largest absolute Gasteiger partial charge is 0.285 e. The van der Waals surface area contributed by atoms with Crippen LogP contribution in [0.25, 0.3) is 0 Å². The molecule has 1 aliphatic rings. The average molecular weight is 217 g/mol. The van der Waals surface area contributed by atoms with Gasteiger partial charge in [-0.05, 0) is 19.4 Å². The summed E-state index contributed by atoms with van der Waals surface area (Å²) in [5.41, 5.74) is 1.13. The van der Waals surface area contributed by atoms with Gasteiger partial charge in [0.05, 0.1) is 0 Å². The maximum absolute atomic E-state index is 9.81. The highest BCUT2D eigenvalue weighted by atomic mass is 16.5. The van der Waals surface area contributed by atoms with Gasteiger partial charge in [0.15, 0.2) is 0 Å². The molecule has 4 heteroatoms. The van der Waals surface area contributed by atoms with Gasteiger partial charge in [-0.2, -0.15) is 0 Å². The summed E-state index contributed by atoms with van der Waals surface area (Å²) in [6.07, 6.45) is 0.366. The first-order valence-corrected chi connectivity index (χ1v) is 5.31. The van der Waals surface area contributed by atoms with Crippen LogP contribution in [0.3, 0.4) is 0 Å². The monoisotopic (exact) mass is 217 g/mol. The lowest BCUT2D eigenvalue weighted by Gasteiger charge is -2.26. The summed E-state index contributed by atoms with van der Waals surface area (Å²) in [5, 5.41) is 10.9. The van der Waals surface area contributed by atoms with Crippen LogP contribution in [-0.4, -0.2) is 28.1 Å². The molecular formula is C12H15N3O. The van der Waals surface area contributed by atoms with Gasteiger partial charge in [-0.1, -0.05) is 30.3 Å². The SMILES string of the molecule is CC1=NC(C)N(O)C(Cc2ccccc2)=N1. The Morgan fingerprint density at radius 2 is 2.00 bits per heavy atom. The quantitative estimate of drug-likeness (QED) is 0.824. The fourth-order valence-corrected chi connectivity index (χ4v) is 1.71. The lowest BCUT2D eigenvalue weighted by Crippen LogP contribution is -2.39. The van der Waals surface area contributed by atoms with E-state index in [-0.39, 0.29) is 6.17 Å². The summed E-state index contributed by atoms with van der Waals surface area (Å²) in [7, 11) is 0. The molecule has 0 aliphatic carbocycles. The number of hydrogen-bond donors (Lipinski definition) is 1. The van der Waals surface area contributed by atoms with Crippen LogP contribution in [0.5, 0.6) is 0 Å². The number of rotatable bonds is 2. The van der Waals surface area contributed by atoms with Crippen molar-refractivity contribution in [3.8, 4) is 0 Å². The van der Waals surface area contributed by atoms with E-state index in [1.165, 1.54) is 0 Å². The fourth-order valence-electron chi connectivity index (χ4n) is 1.71.